The lowest BCUT2D eigenvalue weighted by Crippen LogP contribution is -2.52. The Kier molecular flexibility index (Phi) is 5.47. The van der Waals surface area contributed by atoms with Gasteiger partial charge in [0.25, 0.3) is 11.8 Å². The van der Waals surface area contributed by atoms with Crippen LogP contribution in [0.3, 0.4) is 0 Å². The molecule has 3 aromatic rings. The minimum absolute atomic E-state index is 0.111. The van der Waals surface area contributed by atoms with Gasteiger partial charge in [0.1, 0.15) is 6.04 Å². The van der Waals surface area contributed by atoms with Crippen LogP contribution in [0.15, 0.2) is 42.7 Å². The van der Waals surface area contributed by atoms with E-state index >= 15 is 0 Å². The van der Waals surface area contributed by atoms with Gasteiger partial charge in [-0.1, -0.05) is 11.3 Å². The molecular formula is C23H21N7O5. The van der Waals surface area contributed by atoms with E-state index in [1.54, 1.807) is 37.4 Å². The van der Waals surface area contributed by atoms with Gasteiger partial charge in [-0.2, -0.15) is 0 Å². The zero-order valence-electron chi connectivity index (χ0n) is 19.0. The number of methoxy groups -OCH3 is 1. The summed E-state index contributed by atoms with van der Waals surface area (Å²) < 4.78 is 6.45. The molecule has 0 aliphatic carbocycles. The van der Waals surface area contributed by atoms with Crippen LogP contribution in [0, 0.1) is 0 Å². The summed E-state index contributed by atoms with van der Waals surface area (Å²) in [6, 6.07) is 7.87. The molecule has 2 aliphatic heterocycles. The highest BCUT2D eigenvalue weighted by atomic mass is 16.5. The lowest BCUT2D eigenvalue weighted by Gasteiger charge is -2.29. The molecule has 12 heteroatoms. The van der Waals surface area contributed by atoms with Gasteiger partial charge in [-0.25, -0.2) is 9.67 Å². The fourth-order valence-electron chi connectivity index (χ4n) is 4.15. The molecule has 2 aromatic heterocycles. The number of anilines is 1. The van der Waals surface area contributed by atoms with E-state index in [1.165, 1.54) is 34.0 Å². The summed E-state index contributed by atoms with van der Waals surface area (Å²) in [4.78, 5) is 56.6. The number of imide groups is 1. The van der Waals surface area contributed by atoms with E-state index in [4.69, 9.17) is 4.74 Å². The van der Waals surface area contributed by atoms with E-state index in [1.807, 2.05) is 0 Å². The van der Waals surface area contributed by atoms with Crippen molar-refractivity contribution in [3.05, 3.63) is 59.5 Å². The molecule has 1 unspecified atom stereocenters. The number of hydrogen-bond acceptors (Lipinski definition) is 8. The van der Waals surface area contributed by atoms with Crippen LogP contribution in [0.1, 0.15) is 39.3 Å². The van der Waals surface area contributed by atoms with Crippen molar-refractivity contribution in [1.29, 1.82) is 0 Å². The molecule has 0 radical (unpaired) electrons. The Morgan fingerprint density at radius 1 is 1.20 bits per heavy atom. The largest absolute Gasteiger partial charge is 0.481 e. The van der Waals surface area contributed by atoms with E-state index in [0.717, 1.165) is 5.56 Å². The second-order valence-corrected chi connectivity index (χ2v) is 8.21. The molecule has 178 valence electrons. The van der Waals surface area contributed by atoms with Gasteiger partial charge in [-0.3, -0.25) is 24.5 Å². The summed E-state index contributed by atoms with van der Waals surface area (Å²) in [6.45, 7) is 0.280. The normalized spacial score (nSPS) is 17.3. The molecule has 0 spiro atoms. The number of amides is 4. The molecule has 2 aliphatic rings. The minimum Gasteiger partial charge on any atom is -0.481 e. The van der Waals surface area contributed by atoms with Gasteiger partial charge < -0.3 is 14.5 Å². The van der Waals surface area contributed by atoms with Crippen LogP contribution in [0.25, 0.3) is 5.69 Å². The highest BCUT2D eigenvalue weighted by Gasteiger charge is 2.39. The number of rotatable bonds is 5. The van der Waals surface area contributed by atoms with Crippen LogP contribution in [-0.2, 0) is 16.1 Å². The number of carbonyl (C=O) groups is 4. The number of nitrogens with one attached hydrogen (secondary N) is 1. The van der Waals surface area contributed by atoms with E-state index in [-0.39, 0.29) is 36.4 Å². The van der Waals surface area contributed by atoms with E-state index in [2.05, 4.69) is 20.6 Å². The fourth-order valence-corrected chi connectivity index (χ4v) is 4.15. The summed E-state index contributed by atoms with van der Waals surface area (Å²) in [5.74, 6) is -1.03. The van der Waals surface area contributed by atoms with Crippen LogP contribution in [0.2, 0.25) is 0 Å². The van der Waals surface area contributed by atoms with Crippen LogP contribution < -0.4 is 15.0 Å². The van der Waals surface area contributed by atoms with Gasteiger partial charge in [0.2, 0.25) is 17.7 Å². The van der Waals surface area contributed by atoms with Crippen LogP contribution >= 0.6 is 0 Å². The molecule has 1 fully saturated rings. The van der Waals surface area contributed by atoms with Crippen LogP contribution in [0.5, 0.6) is 5.88 Å². The number of ether oxygens (including phenoxy) is 1. The van der Waals surface area contributed by atoms with E-state index in [0.29, 0.717) is 29.2 Å². The average molecular weight is 475 g/mol. The highest BCUT2D eigenvalue weighted by Crippen LogP contribution is 2.29. The first-order valence-electron chi connectivity index (χ1n) is 10.8. The quantitative estimate of drug-likeness (QED) is 0.532. The third kappa shape index (κ3) is 3.98. The molecule has 1 aromatic carbocycles. The Morgan fingerprint density at radius 3 is 2.74 bits per heavy atom. The van der Waals surface area contributed by atoms with Gasteiger partial charge in [0, 0.05) is 31.6 Å². The number of piperidine rings is 1. The Morgan fingerprint density at radius 2 is 2.03 bits per heavy atom. The lowest BCUT2D eigenvalue weighted by atomic mass is 10.0. The number of benzene rings is 1. The zero-order chi connectivity index (χ0) is 24.7. The fraction of sp³-hybridized carbons (Fsp3) is 0.261. The Hall–Kier alpha value is -4.61. The number of hydrogen-bond donors (Lipinski definition) is 1. The highest BCUT2D eigenvalue weighted by molar-refractivity contribution is 6.06. The predicted octanol–water partition coefficient (Wildman–Crippen LogP) is 0.708. The van der Waals surface area contributed by atoms with Crippen LogP contribution in [-0.4, -0.2) is 68.7 Å². The van der Waals surface area contributed by atoms with E-state index in [9.17, 15) is 19.2 Å². The monoisotopic (exact) mass is 475 g/mol. The summed E-state index contributed by atoms with van der Waals surface area (Å²) in [6.07, 6.45) is 3.48. The first-order chi connectivity index (χ1) is 16.9. The van der Waals surface area contributed by atoms with Crippen molar-refractivity contribution in [2.45, 2.75) is 25.4 Å². The minimum atomic E-state index is -0.686. The Balaban J connectivity index is 1.34. The average Bonchev–Trinajstić information content (AvgIpc) is 3.48. The number of nitrogens with zero attached hydrogens (tertiary/aromatic N) is 6. The summed E-state index contributed by atoms with van der Waals surface area (Å²) >= 11 is 0. The zero-order valence-corrected chi connectivity index (χ0v) is 19.0. The molecule has 4 amide bonds. The van der Waals surface area contributed by atoms with E-state index < -0.39 is 11.9 Å². The first-order valence-corrected chi connectivity index (χ1v) is 10.8. The van der Waals surface area contributed by atoms with Gasteiger partial charge in [0.05, 0.1) is 30.9 Å². The first kappa shape index (κ1) is 22.2. The van der Waals surface area contributed by atoms with Crippen molar-refractivity contribution in [2.75, 3.05) is 19.1 Å². The third-order valence-electron chi connectivity index (χ3n) is 6.11. The summed E-state index contributed by atoms with van der Waals surface area (Å²) in [5.41, 5.74) is 2.42. The second kappa shape index (κ2) is 8.63. The molecule has 1 N–H and O–H groups in total. The van der Waals surface area contributed by atoms with Gasteiger partial charge in [-0.15, -0.1) is 5.10 Å². The molecular weight excluding hydrogens is 454 g/mol. The van der Waals surface area contributed by atoms with Crippen molar-refractivity contribution in [2.24, 2.45) is 0 Å². The third-order valence-corrected chi connectivity index (χ3v) is 6.11. The Bertz CT molecular complexity index is 1350. The number of aromatic nitrogens is 4. The SMILES string of the molecule is COc1ccc(N(C)C(=O)c2cn(-c3ccc4c(c3)C(=O)N(C3CCC(=O)NC3=O)C4)nn2)cn1. The Labute approximate surface area is 199 Å². The van der Waals surface area contributed by atoms with Gasteiger partial charge in [0.15, 0.2) is 5.69 Å². The van der Waals surface area contributed by atoms with Crippen LogP contribution in [0.4, 0.5) is 5.69 Å². The predicted molar refractivity (Wildman–Crippen MR) is 121 cm³/mol. The molecule has 0 saturated carbocycles. The smallest absolute Gasteiger partial charge is 0.280 e. The lowest BCUT2D eigenvalue weighted by molar-refractivity contribution is -0.136. The summed E-state index contributed by atoms with van der Waals surface area (Å²) in [7, 11) is 3.11. The maximum absolute atomic E-state index is 13.1. The maximum atomic E-state index is 13.1. The van der Waals surface area contributed by atoms with Gasteiger partial charge in [-0.05, 0) is 30.2 Å². The van der Waals surface area contributed by atoms with Crippen molar-refractivity contribution in [1.82, 2.24) is 30.2 Å². The molecule has 12 nitrogen and oxygen atoms in total. The van der Waals surface area contributed by atoms with Gasteiger partial charge >= 0.3 is 0 Å². The molecule has 1 saturated heterocycles. The van der Waals surface area contributed by atoms with Crippen molar-refractivity contribution in [3.8, 4) is 11.6 Å². The maximum Gasteiger partial charge on any atom is 0.280 e. The molecule has 0 bridgehead atoms. The molecule has 4 heterocycles. The second-order valence-electron chi connectivity index (χ2n) is 8.21. The number of pyridine rings is 1. The van der Waals surface area contributed by atoms with Crippen molar-refractivity contribution >= 4 is 29.3 Å². The summed E-state index contributed by atoms with van der Waals surface area (Å²) in [5, 5.41) is 10.3. The molecule has 5 rings (SSSR count). The number of fused-ring (bicyclic) bond motifs is 1. The molecule has 1 atom stereocenters. The van der Waals surface area contributed by atoms with Crippen molar-refractivity contribution < 1.29 is 23.9 Å². The van der Waals surface area contributed by atoms with Crippen molar-refractivity contribution in [3.63, 3.8) is 0 Å². The number of carbonyl (C=O) groups excluding carboxylic acids is 4. The molecule has 35 heavy (non-hydrogen) atoms. The standard InChI is InChI=1S/C23H21N7O5/c1-28(15-5-8-20(35-2)24-10-15)23(34)17-12-30(27-26-17)14-4-3-13-11-29(22(33)16(13)9-14)18-6-7-19(31)25-21(18)32/h3-5,8-10,12,18H,6-7,11H2,1-2H3,(H,25,31,32). The topological polar surface area (TPSA) is 140 Å².